The zero-order chi connectivity index (χ0) is 7.56. The van der Waals surface area contributed by atoms with Crippen molar-refractivity contribution in [2.45, 2.75) is 23.8 Å². The van der Waals surface area contributed by atoms with E-state index in [1.165, 1.54) is 0 Å². The Labute approximate surface area is 67.3 Å². The number of nitrogens with zero attached hydrogens (tertiary/aromatic N) is 1. The second kappa shape index (κ2) is 3.30. The van der Waals surface area contributed by atoms with Crippen molar-refractivity contribution >= 4 is 15.9 Å². The first-order valence-electron chi connectivity index (χ1n) is 3.21. The van der Waals surface area contributed by atoms with Gasteiger partial charge in [0.25, 0.3) is 6.17 Å². The maximum atomic E-state index is 10.2. The van der Waals surface area contributed by atoms with Gasteiger partial charge in [-0.2, -0.15) is 0 Å². The van der Waals surface area contributed by atoms with E-state index in [1.807, 2.05) is 0 Å². The van der Waals surface area contributed by atoms with Gasteiger partial charge in [-0.05, 0) is 6.42 Å². The van der Waals surface area contributed by atoms with E-state index in [2.05, 4.69) is 21.2 Å². The monoisotopic (exact) mass is 208 g/mol. The van der Waals surface area contributed by atoms with Crippen LogP contribution in [0, 0.1) is 10.1 Å². The second-order valence-corrected chi connectivity index (χ2v) is 3.68. The summed E-state index contributed by atoms with van der Waals surface area (Å²) in [5, 5.41) is 13.0. The lowest BCUT2D eigenvalue weighted by Crippen LogP contribution is -2.43. The fourth-order valence-corrected chi connectivity index (χ4v) is 1.44. The maximum absolute atomic E-state index is 10.2. The first-order valence-corrected chi connectivity index (χ1v) is 4.12. The lowest BCUT2D eigenvalue weighted by Gasteiger charge is -2.20. The fourth-order valence-electron chi connectivity index (χ4n) is 0.987. The van der Waals surface area contributed by atoms with E-state index >= 15 is 0 Å². The number of halogens is 1. The number of piperidine rings is 1. The van der Waals surface area contributed by atoms with Gasteiger partial charge >= 0.3 is 0 Å². The lowest BCUT2D eigenvalue weighted by molar-refractivity contribution is -0.532. The van der Waals surface area contributed by atoms with E-state index in [1.54, 1.807) is 0 Å². The normalized spacial score (nSPS) is 33.7. The smallest absolute Gasteiger partial charge is 0.263 e. The number of rotatable bonds is 1. The van der Waals surface area contributed by atoms with E-state index in [0.717, 1.165) is 6.42 Å². The summed E-state index contributed by atoms with van der Waals surface area (Å²) in [6.45, 7) is 0.700. The van der Waals surface area contributed by atoms with Crippen molar-refractivity contribution in [1.29, 1.82) is 0 Å². The molecule has 2 unspecified atom stereocenters. The highest BCUT2D eigenvalue weighted by atomic mass is 79.9. The molecule has 1 aliphatic rings. The zero-order valence-electron chi connectivity index (χ0n) is 5.42. The van der Waals surface area contributed by atoms with Crippen LogP contribution < -0.4 is 5.32 Å². The molecule has 58 valence electrons. The second-order valence-electron chi connectivity index (χ2n) is 2.38. The molecule has 0 aromatic carbocycles. The van der Waals surface area contributed by atoms with Crippen LogP contribution in [0.3, 0.4) is 0 Å². The van der Waals surface area contributed by atoms with Gasteiger partial charge in [0.15, 0.2) is 0 Å². The topological polar surface area (TPSA) is 55.2 Å². The van der Waals surface area contributed by atoms with Gasteiger partial charge in [0, 0.05) is 22.7 Å². The third-order valence-corrected chi connectivity index (χ3v) is 2.36. The molecule has 1 aliphatic heterocycles. The molecule has 0 radical (unpaired) electrons. The molecule has 0 saturated carbocycles. The third kappa shape index (κ3) is 1.91. The van der Waals surface area contributed by atoms with Gasteiger partial charge in [-0.3, -0.25) is 15.4 Å². The lowest BCUT2D eigenvalue weighted by atomic mass is 10.1. The molecule has 10 heavy (non-hydrogen) atoms. The highest BCUT2D eigenvalue weighted by Gasteiger charge is 2.25. The predicted molar refractivity (Wildman–Crippen MR) is 40.7 cm³/mol. The number of nitro groups is 1. The summed E-state index contributed by atoms with van der Waals surface area (Å²) in [6.07, 6.45) is 0.996. The Morgan fingerprint density at radius 3 is 2.70 bits per heavy atom. The molecular weight excluding hydrogens is 200 g/mol. The number of hydrogen-bond acceptors (Lipinski definition) is 3. The third-order valence-electron chi connectivity index (χ3n) is 1.58. The van der Waals surface area contributed by atoms with Crippen molar-refractivity contribution in [3.8, 4) is 0 Å². The highest BCUT2D eigenvalue weighted by Crippen LogP contribution is 2.14. The zero-order valence-corrected chi connectivity index (χ0v) is 7.00. The van der Waals surface area contributed by atoms with Crippen LogP contribution in [-0.4, -0.2) is 22.5 Å². The summed E-state index contributed by atoms with van der Waals surface area (Å²) < 4.78 is 0. The molecule has 1 heterocycles. The number of hydrogen-bond donors (Lipinski definition) is 1. The molecule has 1 fully saturated rings. The standard InChI is InChI=1S/C5H9BrN2O2/c6-4-1-2-5(7-3-4)8(9)10/h4-5,7H,1-3H2. The Morgan fingerprint density at radius 1 is 1.60 bits per heavy atom. The van der Waals surface area contributed by atoms with Gasteiger partial charge in [-0.15, -0.1) is 0 Å². The van der Waals surface area contributed by atoms with Crippen molar-refractivity contribution in [3.05, 3.63) is 10.1 Å². The Hall–Kier alpha value is -0.160. The molecule has 5 heteroatoms. The van der Waals surface area contributed by atoms with E-state index in [0.29, 0.717) is 17.8 Å². The van der Waals surface area contributed by atoms with Gasteiger partial charge < -0.3 is 0 Å². The van der Waals surface area contributed by atoms with Crippen molar-refractivity contribution in [2.75, 3.05) is 6.54 Å². The molecule has 0 spiro atoms. The van der Waals surface area contributed by atoms with Crippen LogP contribution in [0.2, 0.25) is 0 Å². The number of nitrogens with one attached hydrogen (secondary N) is 1. The van der Waals surface area contributed by atoms with Crippen LogP contribution in [-0.2, 0) is 0 Å². The summed E-state index contributed by atoms with van der Waals surface area (Å²) in [5.41, 5.74) is 0. The minimum Gasteiger partial charge on any atom is -0.263 e. The highest BCUT2D eigenvalue weighted by molar-refractivity contribution is 9.09. The minimum absolute atomic E-state index is 0.265. The van der Waals surface area contributed by atoms with Crippen LogP contribution in [0.1, 0.15) is 12.8 Å². The summed E-state index contributed by atoms with van der Waals surface area (Å²) in [5.74, 6) is 0. The predicted octanol–water partition coefficient (Wildman–Crippen LogP) is 0.736. The first-order chi connectivity index (χ1) is 4.70. The quantitative estimate of drug-likeness (QED) is 0.393. The Balaban J connectivity index is 2.33. The van der Waals surface area contributed by atoms with Crippen LogP contribution >= 0.6 is 15.9 Å². The van der Waals surface area contributed by atoms with Crippen LogP contribution in [0.25, 0.3) is 0 Å². The van der Waals surface area contributed by atoms with Crippen molar-refractivity contribution in [1.82, 2.24) is 5.32 Å². The van der Waals surface area contributed by atoms with Crippen LogP contribution in [0.5, 0.6) is 0 Å². The molecular formula is C5H9BrN2O2. The molecule has 0 aromatic rings. The SMILES string of the molecule is O=[N+]([O-])C1CCC(Br)CN1. The Morgan fingerprint density at radius 2 is 2.30 bits per heavy atom. The Bertz CT molecular complexity index is 134. The molecule has 1 N–H and O–H groups in total. The first kappa shape index (κ1) is 7.94. The maximum Gasteiger partial charge on any atom is 0.266 e. The van der Waals surface area contributed by atoms with Gasteiger partial charge in [-0.25, -0.2) is 0 Å². The largest absolute Gasteiger partial charge is 0.266 e. The molecule has 2 atom stereocenters. The average molecular weight is 209 g/mol. The average Bonchev–Trinajstić information content (AvgIpc) is 1.88. The van der Waals surface area contributed by atoms with Crippen molar-refractivity contribution in [2.24, 2.45) is 0 Å². The molecule has 0 amide bonds. The van der Waals surface area contributed by atoms with Gasteiger partial charge in [-0.1, -0.05) is 15.9 Å². The Kier molecular flexibility index (Phi) is 2.62. The molecule has 0 aliphatic carbocycles. The number of alkyl halides is 1. The summed E-state index contributed by atoms with van der Waals surface area (Å²) in [6, 6.07) is 0. The molecule has 1 rings (SSSR count). The summed E-state index contributed by atoms with van der Waals surface area (Å²) in [7, 11) is 0. The van der Waals surface area contributed by atoms with Gasteiger partial charge in [0.05, 0.1) is 0 Å². The molecule has 0 aromatic heterocycles. The fraction of sp³-hybridized carbons (Fsp3) is 1.00. The van der Waals surface area contributed by atoms with Gasteiger partial charge in [0.2, 0.25) is 0 Å². The summed E-state index contributed by atoms with van der Waals surface area (Å²) >= 11 is 3.38. The van der Waals surface area contributed by atoms with Crippen molar-refractivity contribution in [3.63, 3.8) is 0 Å². The van der Waals surface area contributed by atoms with E-state index in [4.69, 9.17) is 0 Å². The van der Waals surface area contributed by atoms with Crippen LogP contribution in [0.4, 0.5) is 0 Å². The minimum atomic E-state index is -0.520. The van der Waals surface area contributed by atoms with E-state index in [-0.39, 0.29) is 4.92 Å². The van der Waals surface area contributed by atoms with E-state index in [9.17, 15) is 10.1 Å². The van der Waals surface area contributed by atoms with E-state index < -0.39 is 6.17 Å². The van der Waals surface area contributed by atoms with Crippen molar-refractivity contribution < 1.29 is 4.92 Å². The van der Waals surface area contributed by atoms with Crippen LogP contribution in [0.15, 0.2) is 0 Å². The van der Waals surface area contributed by atoms with Gasteiger partial charge in [0.1, 0.15) is 0 Å². The molecule has 1 saturated heterocycles. The summed E-state index contributed by atoms with van der Waals surface area (Å²) in [4.78, 5) is 10.3. The molecule has 4 nitrogen and oxygen atoms in total. The molecule has 0 bridgehead atoms.